The zero-order chi connectivity index (χ0) is 23.2. The molecule has 3 aromatic carbocycles. The van der Waals surface area contributed by atoms with Crippen LogP contribution in [0, 0.1) is 13.8 Å². The molecule has 1 amide bonds. The third kappa shape index (κ3) is 6.40. The Morgan fingerprint density at radius 3 is 2.45 bits per heavy atom. The molecule has 0 atom stereocenters. The Kier molecular flexibility index (Phi) is 7.37. The molecule has 0 saturated carbocycles. The van der Waals surface area contributed by atoms with Crippen LogP contribution in [0.3, 0.4) is 0 Å². The Morgan fingerprint density at radius 2 is 1.73 bits per heavy atom. The van der Waals surface area contributed by atoms with Crippen molar-refractivity contribution >= 4 is 39.9 Å². The quantitative estimate of drug-likeness (QED) is 0.336. The van der Waals surface area contributed by atoms with E-state index in [1.807, 2.05) is 84.6 Å². The van der Waals surface area contributed by atoms with Crippen molar-refractivity contribution in [2.75, 3.05) is 16.8 Å². The number of hydrogen-bond donors (Lipinski definition) is 1. The number of halogens is 1. The van der Waals surface area contributed by atoms with Crippen LogP contribution in [0.25, 0.3) is 0 Å². The van der Waals surface area contributed by atoms with Gasteiger partial charge >= 0.3 is 0 Å². The second-order valence-electron chi connectivity index (χ2n) is 7.99. The lowest BCUT2D eigenvalue weighted by atomic mass is 10.1. The summed E-state index contributed by atoms with van der Waals surface area (Å²) in [7, 11) is 0. The summed E-state index contributed by atoms with van der Waals surface area (Å²) in [6.07, 6.45) is 0.613. The van der Waals surface area contributed by atoms with Crippen molar-refractivity contribution in [3.8, 4) is 0 Å². The number of nitrogens with zero attached hydrogens (tertiary/aromatic N) is 3. The van der Waals surface area contributed by atoms with Crippen molar-refractivity contribution in [2.24, 2.45) is 0 Å². The van der Waals surface area contributed by atoms with Gasteiger partial charge < -0.3 is 10.2 Å². The Hall–Kier alpha value is -3.22. The minimum absolute atomic E-state index is 0.0939. The van der Waals surface area contributed by atoms with Gasteiger partial charge in [0.1, 0.15) is 5.82 Å². The van der Waals surface area contributed by atoms with Gasteiger partial charge in [-0.3, -0.25) is 4.79 Å². The van der Waals surface area contributed by atoms with Gasteiger partial charge in [-0.05, 0) is 60.4 Å². The third-order valence-electron chi connectivity index (χ3n) is 5.34. The van der Waals surface area contributed by atoms with Crippen LogP contribution < -0.4 is 10.2 Å². The molecule has 0 bridgehead atoms. The highest BCUT2D eigenvalue weighted by Crippen LogP contribution is 2.22. The molecule has 0 aliphatic carbocycles. The number of benzene rings is 3. The van der Waals surface area contributed by atoms with Gasteiger partial charge in [-0.2, -0.15) is 4.37 Å². The topological polar surface area (TPSA) is 58.1 Å². The fourth-order valence-electron chi connectivity index (χ4n) is 3.42. The molecular weight excluding hydrogens is 452 g/mol. The first-order valence-electron chi connectivity index (χ1n) is 10.7. The molecule has 0 spiro atoms. The molecule has 0 fully saturated rings. The van der Waals surface area contributed by atoms with Gasteiger partial charge in [0.15, 0.2) is 0 Å². The predicted molar refractivity (Wildman–Crippen MR) is 136 cm³/mol. The standard InChI is InChI=1S/C26H25ClN4OS/c1-18-8-13-23(14-19(18)2)28-25(32)17-31(16-21-6-4-3-5-7-21)26-29-24(30-33-26)15-20-9-11-22(27)12-10-20/h3-14H,15-17H2,1-2H3,(H,28,32). The highest BCUT2D eigenvalue weighted by atomic mass is 35.5. The van der Waals surface area contributed by atoms with Gasteiger partial charge in [-0.25, -0.2) is 4.98 Å². The van der Waals surface area contributed by atoms with Crippen LogP contribution in [0.4, 0.5) is 10.8 Å². The second-order valence-corrected chi connectivity index (χ2v) is 9.15. The van der Waals surface area contributed by atoms with E-state index in [-0.39, 0.29) is 12.5 Å². The van der Waals surface area contributed by atoms with E-state index in [4.69, 9.17) is 16.6 Å². The van der Waals surface area contributed by atoms with Crippen LogP contribution >= 0.6 is 23.1 Å². The lowest BCUT2D eigenvalue weighted by Gasteiger charge is -2.21. The first-order chi connectivity index (χ1) is 16.0. The molecule has 4 aromatic rings. The maximum Gasteiger partial charge on any atom is 0.243 e. The SMILES string of the molecule is Cc1ccc(NC(=O)CN(Cc2ccccc2)c2nc(Cc3ccc(Cl)cc3)ns2)cc1C. The minimum Gasteiger partial charge on any atom is -0.333 e. The van der Waals surface area contributed by atoms with Crippen LogP contribution in [-0.4, -0.2) is 21.8 Å². The number of aryl methyl sites for hydroxylation is 2. The zero-order valence-corrected chi connectivity index (χ0v) is 20.2. The molecule has 168 valence electrons. The Labute approximate surface area is 203 Å². The molecule has 4 rings (SSSR count). The largest absolute Gasteiger partial charge is 0.333 e. The lowest BCUT2D eigenvalue weighted by Crippen LogP contribution is -2.33. The molecule has 1 N–H and O–H groups in total. The van der Waals surface area contributed by atoms with Gasteiger partial charge in [-0.15, -0.1) is 0 Å². The van der Waals surface area contributed by atoms with E-state index in [0.717, 1.165) is 33.3 Å². The summed E-state index contributed by atoms with van der Waals surface area (Å²) >= 11 is 7.30. The van der Waals surface area contributed by atoms with Crippen LogP contribution in [0.1, 0.15) is 28.1 Å². The molecular formula is C26H25ClN4OS. The Morgan fingerprint density at radius 1 is 0.970 bits per heavy atom. The summed E-state index contributed by atoms with van der Waals surface area (Å²) in [5, 5.41) is 4.43. The highest BCUT2D eigenvalue weighted by molar-refractivity contribution is 7.09. The molecule has 33 heavy (non-hydrogen) atoms. The zero-order valence-electron chi connectivity index (χ0n) is 18.6. The number of amides is 1. The maximum atomic E-state index is 12.9. The summed E-state index contributed by atoms with van der Waals surface area (Å²) in [5.41, 5.74) is 5.32. The first-order valence-corrected chi connectivity index (χ1v) is 11.8. The molecule has 1 heterocycles. The first kappa shape index (κ1) is 23.0. The number of rotatable bonds is 8. The van der Waals surface area contributed by atoms with E-state index in [9.17, 15) is 4.79 Å². The van der Waals surface area contributed by atoms with Crippen molar-refractivity contribution in [1.29, 1.82) is 0 Å². The average molecular weight is 477 g/mol. The second kappa shape index (κ2) is 10.6. The Balaban J connectivity index is 1.50. The summed E-state index contributed by atoms with van der Waals surface area (Å²) < 4.78 is 4.53. The van der Waals surface area contributed by atoms with Crippen molar-refractivity contribution in [1.82, 2.24) is 9.36 Å². The van der Waals surface area contributed by atoms with Crippen molar-refractivity contribution in [2.45, 2.75) is 26.8 Å². The van der Waals surface area contributed by atoms with Crippen molar-refractivity contribution in [3.05, 3.63) is 106 Å². The number of carbonyl (C=O) groups is 1. The van der Waals surface area contributed by atoms with Gasteiger partial charge in [0.25, 0.3) is 0 Å². The molecule has 0 unspecified atom stereocenters. The van der Waals surface area contributed by atoms with E-state index >= 15 is 0 Å². The van der Waals surface area contributed by atoms with E-state index in [1.165, 1.54) is 17.1 Å². The normalized spacial score (nSPS) is 10.8. The van der Waals surface area contributed by atoms with Crippen molar-refractivity contribution in [3.63, 3.8) is 0 Å². The van der Waals surface area contributed by atoms with Gasteiger partial charge in [0.2, 0.25) is 11.0 Å². The smallest absolute Gasteiger partial charge is 0.243 e. The number of carbonyl (C=O) groups excluding carboxylic acids is 1. The van der Waals surface area contributed by atoms with Crippen LogP contribution in [-0.2, 0) is 17.8 Å². The van der Waals surface area contributed by atoms with Gasteiger partial charge in [0, 0.05) is 35.2 Å². The van der Waals surface area contributed by atoms with Gasteiger partial charge in [-0.1, -0.05) is 60.1 Å². The summed E-state index contributed by atoms with van der Waals surface area (Å²) in [6, 6.07) is 23.7. The van der Waals surface area contributed by atoms with Crippen LogP contribution in [0.15, 0.2) is 72.8 Å². The number of aromatic nitrogens is 2. The van der Waals surface area contributed by atoms with Gasteiger partial charge in [0.05, 0.1) is 6.54 Å². The summed E-state index contributed by atoms with van der Waals surface area (Å²) in [4.78, 5) is 19.6. The monoisotopic (exact) mass is 476 g/mol. The number of anilines is 2. The maximum absolute atomic E-state index is 12.9. The van der Waals surface area contributed by atoms with Crippen LogP contribution in [0.2, 0.25) is 5.02 Å². The highest BCUT2D eigenvalue weighted by Gasteiger charge is 2.17. The van der Waals surface area contributed by atoms with E-state index in [1.54, 1.807) is 0 Å². The molecule has 0 aliphatic rings. The molecule has 7 heteroatoms. The summed E-state index contributed by atoms with van der Waals surface area (Å²) in [5.74, 6) is 0.633. The average Bonchev–Trinajstić information content (AvgIpc) is 3.27. The molecule has 0 radical (unpaired) electrons. The number of hydrogen-bond acceptors (Lipinski definition) is 5. The van der Waals surface area contributed by atoms with E-state index in [2.05, 4.69) is 16.6 Å². The number of nitrogens with one attached hydrogen (secondary N) is 1. The Bertz CT molecular complexity index is 1220. The van der Waals surface area contributed by atoms with E-state index < -0.39 is 0 Å². The fraction of sp³-hybridized carbons (Fsp3) is 0.192. The molecule has 0 aliphatic heterocycles. The van der Waals surface area contributed by atoms with Crippen molar-refractivity contribution < 1.29 is 4.79 Å². The third-order valence-corrected chi connectivity index (χ3v) is 6.41. The predicted octanol–water partition coefficient (Wildman–Crippen LogP) is 6.04. The fourth-order valence-corrected chi connectivity index (χ4v) is 4.23. The molecule has 1 aromatic heterocycles. The lowest BCUT2D eigenvalue weighted by molar-refractivity contribution is -0.115. The summed E-state index contributed by atoms with van der Waals surface area (Å²) in [6.45, 7) is 4.84. The van der Waals surface area contributed by atoms with Crippen LogP contribution in [0.5, 0.6) is 0 Å². The minimum atomic E-state index is -0.0939. The molecule has 5 nitrogen and oxygen atoms in total. The molecule has 0 saturated heterocycles. The van der Waals surface area contributed by atoms with E-state index in [0.29, 0.717) is 18.0 Å².